The maximum atomic E-state index is 14.1. The Labute approximate surface area is 188 Å². The highest BCUT2D eigenvalue weighted by Crippen LogP contribution is 2.22. The van der Waals surface area contributed by atoms with E-state index >= 15 is 0 Å². The minimum Gasteiger partial charge on any atom is -0.366 e. The van der Waals surface area contributed by atoms with Crippen LogP contribution >= 0.6 is 11.6 Å². The summed E-state index contributed by atoms with van der Waals surface area (Å²) in [6, 6.07) is 11.5. The number of sulfonamides is 1. The lowest BCUT2D eigenvalue weighted by Crippen LogP contribution is -2.56. The van der Waals surface area contributed by atoms with E-state index in [1.165, 1.54) is 30.3 Å². The Morgan fingerprint density at radius 2 is 1.71 bits per heavy atom. The molecule has 1 N–H and O–H groups in total. The van der Waals surface area contributed by atoms with Gasteiger partial charge in [-0.2, -0.15) is 4.72 Å². The summed E-state index contributed by atoms with van der Waals surface area (Å²) < 4.78 is 42.4. The van der Waals surface area contributed by atoms with Crippen molar-refractivity contribution >= 4 is 33.2 Å². The van der Waals surface area contributed by atoms with Crippen molar-refractivity contribution in [2.45, 2.75) is 31.2 Å². The van der Waals surface area contributed by atoms with Crippen LogP contribution in [0.1, 0.15) is 20.3 Å². The minimum absolute atomic E-state index is 0.0578. The van der Waals surface area contributed by atoms with E-state index in [0.29, 0.717) is 43.3 Å². The number of nitrogens with one attached hydrogen (secondary N) is 1. The minimum atomic E-state index is -3.89. The molecule has 2 aromatic carbocycles. The fraction of sp³-hybridized carbons (Fsp3) is 0.409. The van der Waals surface area contributed by atoms with Gasteiger partial charge in [-0.25, -0.2) is 12.8 Å². The van der Waals surface area contributed by atoms with Gasteiger partial charge in [0.05, 0.1) is 10.6 Å². The zero-order valence-electron chi connectivity index (χ0n) is 17.6. The van der Waals surface area contributed by atoms with Crippen LogP contribution in [0.5, 0.6) is 0 Å². The Kier molecular flexibility index (Phi) is 7.56. The Morgan fingerprint density at radius 3 is 2.29 bits per heavy atom. The first kappa shape index (κ1) is 23.5. The van der Waals surface area contributed by atoms with E-state index in [1.807, 2.05) is 18.7 Å². The van der Waals surface area contributed by atoms with Crippen LogP contribution in [-0.4, -0.2) is 51.4 Å². The number of rotatable bonds is 7. The third-order valence-electron chi connectivity index (χ3n) is 5.67. The van der Waals surface area contributed by atoms with Gasteiger partial charge in [-0.1, -0.05) is 44.0 Å². The van der Waals surface area contributed by atoms with Gasteiger partial charge in [-0.05, 0) is 42.3 Å². The van der Waals surface area contributed by atoms with E-state index in [0.717, 1.165) is 0 Å². The molecule has 0 radical (unpaired) electrons. The SMILES string of the molecule is CCC(C)C(NS(=O)(=O)c1ccc(Cl)cc1)C(=O)N1CCN(c2ccccc2F)CC1. The zero-order valence-corrected chi connectivity index (χ0v) is 19.2. The van der Waals surface area contributed by atoms with Crippen LogP contribution in [0, 0.1) is 11.7 Å². The predicted molar refractivity (Wildman–Crippen MR) is 120 cm³/mol. The number of halogens is 2. The zero-order chi connectivity index (χ0) is 22.6. The summed E-state index contributed by atoms with van der Waals surface area (Å²) in [5, 5.41) is 0.432. The molecule has 2 aromatic rings. The molecule has 9 heteroatoms. The normalized spacial score (nSPS) is 16.8. The predicted octanol–water partition coefficient (Wildman–Crippen LogP) is 3.52. The Bertz CT molecular complexity index is 1010. The average Bonchev–Trinajstić information content (AvgIpc) is 2.77. The van der Waals surface area contributed by atoms with Crippen LogP contribution in [0.4, 0.5) is 10.1 Å². The Morgan fingerprint density at radius 1 is 1.10 bits per heavy atom. The number of para-hydroxylation sites is 1. The number of hydrogen-bond acceptors (Lipinski definition) is 4. The van der Waals surface area contributed by atoms with Crippen molar-refractivity contribution in [1.29, 1.82) is 0 Å². The molecule has 2 unspecified atom stereocenters. The summed E-state index contributed by atoms with van der Waals surface area (Å²) in [7, 11) is -3.89. The summed E-state index contributed by atoms with van der Waals surface area (Å²) in [6.45, 7) is 5.50. The first-order valence-corrected chi connectivity index (χ1v) is 12.1. The van der Waals surface area contributed by atoms with Gasteiger partial charge >= 0.3 is 0 Å². The van der Waals surface area contributed by atoms with Crippen molar-refractivity contribution in [1.82, 2.24) is 9.62 Å². The highest BCUT2D eigenvalue weighted by atomic mass is 35.5. The van der Waals surface area contributed by atoms with Gasteiger partial charge in [0.15, 0.2) is 0 Å². The van der Waals surface area contributed by atoms with Crippen molar-refractivity contribution in [2.24, 2.45) is 5.92 Å². The first-order chi connectivity index (χ1) is 14.7. The molecular formula is C22H27ClFN3O3S. The first-order valence-electron chi connectivity index (χ1n) is 10.3. The van der Waals surface area contributed by atoms with Gasteiger partial charge in [-0.3, -0.25) is 4.79 Å². The number of piperazine rings is 1. The molecule has 1 saturated heterocycles. The lowest BCUT2D eigenvalue weighted by atomic mass is 9.98. The number of anilines is 1. The molecular weight excluding hydrogens is 441 g/mol. The Hall–Kier alpha value is -2.16. The molecule has 6 nitrogen and oxygen atoms in total. The number of nitrogens with zero attached hydrogens (tertiary/aromatic N) is 2. The molecule has 0 bridgehead atoms. The van der Waals surface area contributed by atoms with E-state index in [9.17, 15) is 17.6 Å². The highest BCUT2D eigenvalue weighted by molar-refractivity contribution is 7.89. The molecule has 1 amide bonds. The van der Waals surface area contributed by atoms with Crippen molar-refractivity contribution in [3.05, 3.63) is 59.4 Å². The molecule has 1 fully saturated rings. The fourth-order valence-electron chi connectivity index (χ4n) is 3.57. The smallest absolute Gasteiger partial charge is 0.241 e. The number of carbonyl (C=O) groups is 1. The highest BCUT2D eigenvalue weighted by Gasteiger charge is 2.34. The molecule has 3 rings (SSSR count). The van der Waals surface area contributed by atoms with Crippen molar-refractivity contribution in [3.8, 4) is 0 Å². The van der Waals surface area contributed by atoms with Crippen molar-refractivity contribution < 1.29 is 17.6 Å². The summed E-state index contributed by atoms with van der Waals surface area (Å²) >= 11 is 5.85. The van der Waals surface area contributed by atoms with Crippen LogP contribution in [0.3, 0.4) is 0 Å². The molecule has 1 aliphatic heterocycles. The third-order valence-corrected chi connectivity index (χ3v) is 7.38. The summed E-state index contributed by atoms with van der Waals surface area (Å²) in [4.78, 5) is 16.9. The molecule has 1 heterocycles. The van der Waals surface area contributed by atoms with Crippen molar-refractivity contribution in [3.63, 3.8) is 0 Å². The molecule has 0 aromatic heterocycles. The summed E-state index contributed by atoms with van der Waals surface area (Å²) in [5.41, 5.74) is 0.511. The third kappa shape index (κ3) is 5.56. The van der Waals surface area contributed by atoms with E-state index in [1.54, 1.807) is 23.1 Å². The number of amides is 1. The van der Waals surface area contributed by atoms with Crippen LogP contribution in [0.25, 0.3) is 0 Å². The fourth-order valence-corrected chi connectivity index (χ4v) is 4.99. The van der Waals surface area contributed by atoms with E-state index in [4.69, 9.17) is 11.6 Å². The summed E-state index contributed by atoms with van der Waals surface area (Å²) in [6.07, 6.45) is 0.634. The molecule has 0 saturated carbocycles. The van der Waals surface area contributed by atoms with Crippen molar-refractivity contribution in [2.75, 3.05) is 31.1 Å². The van der Waals surface area contributed by atoms with Crippen LogP contribution in [0.15, 0.2) is 53.4 Å². The molecule has 168 valence electrons. The maximum absolute atomic E-state index is 14.1. The van der Waals surface area contributed by atoms with Gasteiger partial charge in [0.25, 0.3) is 0 Å². The second-order valence-corrected chi connectivity index (χ2v) is 9.85. The van der Waals surface area contributed by atoms with Crippen LogP contribution in [-0.2, 0) is 14.8 Å². The van der Waals surface area contributed by atoms with Gasteiger partial charge in [0, 0.05) is 31.2 Å². The molecule has 0 spiro atoms. The summed E-state index contributed by atoms with van der Waals surface area (Å²) in [5.74, 6) is -0.755. The second kappa shape index (κ2) is 9.97. The number of hydrogen-bond donors (Lipinski definition) is 1. The topological polar surface area (TPSA) is 69.7 Å². The Balaban J connectivity index is 1.72. The lowest BCUT2D eigenvalue weighted by molar-refractivity contribution is -0.134. The molecule has 2 atom stereocenters. The van der Waals surface area contributed by atoms with Gasteiger partial charge in [0.1, 0.15) is 11.9 Å². The molecule has 31 heavy (non-hydrogen) atoms. The average molecular weight is 468 g/mol. The second-order valence-electron chi connectivity index (χ2n) is 7.70. The maximum Gasteiger partial charge on any atom is 0.241 e. The standard InChI is InChI=1S/C22H27ClFN3O3S/c1-3-16(2)21(25-31(29,30)18-10-8-17(23)9-11-18)22(28)27-14-12-26(13-15-27)20-7-5-4-6-19(20)24/h4-11,16,21,25H,3,12-15H2,1-2H3. The van der Waals surface area contributed by atoms with E-state index in [-0.39, 0.29) is 22.5 Å². The monoisotopic (exact) mass is 467 g/mol. The largest absolute Gasteiger partial charge is 0.366 e. The molecule has 0 aliphatic carbocycles. The van der Waals surface area contributed by atoms with E-state index < -0.39 is 16.1 Å². The number of carbonyl (C=O) groups excluding carboxylic acids is 1. The van der Waals surface area contributed by atoms with Crippen LogP contribution < -0.4 is 9.62 Å². The molecule has 1 aliphatic rings. The van der Waals surface area contributed by atoms with Crippen LogP contribution in [0.2, 0.25) is 5.02 Å². The van der Waals surface area contributed by atoms with Gasteiger partial charge < -0.3 is 9.80 Å². The number of benzene rings is 2. The van der Waals surface area contributed by atoms with Gasteiger partial charge in [-0.15, -0.1) is 0 Å². The lowest BCUT2D eigenvalue weighted by Gasteiger charge is -2.38. The van der Waals surface area contributed by atoms with E-state index in [2.05, 4.69) is 4.72 Å². The quantitative estimate of drug-likeness (QED) is 0.676. The van der Waals surface area contributed by atoms with Gasteiger partial charge in [0.2, 0.25) is 15.9 Å².